The number of aromatic nitrogens is 1. The van der Waals surface area contributed by atoms with Crippen molar-refractivity contribution in [3.8, 4) is 11.3 Å². The highest BCUT2D eigenvalue weighted by molar-refractivity contribution is 5.95. The maximum atomic E-state index is 5.31. The van der Waals surface area contributed by atoms with Gasteiger partial charge in [0.25, 0.3) is 0 Å². The summed E-state index contributed by atoms with van der Waals surface area (Å²) in [5, 5.41) is 8.08. The molecule has 1 heterocycles. The van der Waals surface area contributed by atoms with E-state index in [9.17, 15) is 0 Å². The van der Waals surface area contributed by atoms with Crippen LogP contribution in [0.2, 0.25) is 0 Å². The molecule has 0 radical (unpaired) electrons. The van der Waals surface area contributed by atoms with Crippen molar-refractivity contribution in [2.24, 2.45) is 11.8 Å². The molecular weight excluding hydrogens is 627 g/mol. The standard InChI is InChI=1S/C51H39N/c1-2-15-34(16-3-1)39-31-32-47(41-23-7-6-22-40(39)41)51-45-26-10-8-24-43(45)50(44-25-9-11-27-46(44)51)37-20-12-19-36(33-37)48-29-14-30-49(52-48)42-28-13-18-35-17-4-5-21-38(35)42/h1-12,14-27,29-30,33,43,45H,13,28,31-32H2. The van der Waals surface area contributed by atoms with E-state index >= 15 is 0 Å². The minimum Gasteiger partial charge on any atom is -0.248 e. The van der Waals surface area contributed by atoms with Gasteiger partial charge < -0.3 is 0 Å². The first-order valence-electron chi connectivity index (χ1n) is 18.7. The summed E-state index contributed by atoms with van der Waals surface area (Å²) >= 11 is 0. The molecule has 2 unspecified atom stereocenters. The summed E-state index contributed by atoms with van der Waals surface area (Å²) in [7, 11) is 0. The van der Waals surface area contributed by atoms with Gasteiger partial charge in [0.1, 0.15) is 0 Å². The highest BCUT2D eigenvalue weighted by Gasteiger charge is 2.33. The molecule has 4 aliphatic rings. The molecule has 1 heteroatoms. The Morgan fingerprint density at radius 3 is 1.79 bits per heavy atom. The monoisotopic (exact) mass is 665 g/mol. The van der Waals surface area contributed by atoms with Gasteiger partial charge in [-0.1, -0.05) is 158 Å². The Morgan fingerprint density at radius 1 is 0.404 bits per heavy atom. The van der Waals surface area contributed by atoms with Crippen LogP contribution in [0.25, 0.3) is 45.2 Å². The number of hydrogen-bond donors (Lipinski definition) is 0. The lowest BCUT2D eigenvalue weighted by Crippen LogP contribution is -2.42. The van der Waals surface area contributed by atoms with Crippen molar-refractivity contribution >= 4 is 33.9 Å². The summed E-state index contributed by atoms with van der Waals surface area (Å²) in [6.45, 7) is 0. The van der Waals surface area contributed by atoms with E-state index in [1.165, 1.54) is 70.3 Å². The Labute approximate surface area is 304 Å². The average Bonchev–Trinajstić information content (AvgIpc) is 3.22. The first-order valence-corrected chi connectivity index (χ1v) is 18.7. The summed E-state index contributed by atoms with van der Waals surface area (Å²) in [4.78, 5) is 5.31. The fourth-order valence-electron chi connectivity index (χ4n) is 9.26. The van der Waals surface area contributed by atoms with Gasteiger partial charge >= 0.3 is 0 Å². The van der Waals surface area contributed by atoms with E-state index in [0.717, 1.165) is 42.6 Å². The number of fused-ring (bicyclic) bond motifs is 4. The maximum absolute atomic E-state index is 5.31. The van der Waals surface area contributed by atoms with Gasteiger partial charge in [0.05, 0.1) is 11.4 Å². The third-order valence-corrected chi connectivity index (χ3v) is 11.5. The van der Waals surface area contributed by atoms with Crippen LogP contribution in [0.15, 0.2) is 170 Å². The molecular formula is C51H39N. The number of pyridine rings is 1. The van der Waals surface area contributed by atoms with Gasteiger partial charge in [-0.2, -0.15) is 0 Å². The second-order valence-electron chi connectivity index (χ2n) is 14.4. The lowest BCUT2D eigenvalue weighted by molar-refractivity contribution is 0.688. The van der Waals surface area contributed by atoms with Crippen molar-refractivity contribution in [2.45, 2.75) is 25.7 Å². The minimum absolute atomic E-state index is 0.231. The van der Waals surface area contributed by atoms with Gasteiger partial charge in [-0.15, -0.1) is 0 Å². The second kappa shape index (κ2) is 12.9. The molecule has 0 saturated carbocycles. The fraction of sp³-hybridized carbons (Fsp3) is 0.118. The normalized spacial score (nSPS) is 18.7. The molecule has 0 amide bonds. The molecule has 0 fully saturated rings. The van der Waals surface area contributed by atoms with Crippen LogP contribution in [0.4, 0.5) is 0 Å². The van der Waals surface area contributed by atoms with Crippen molar-refractivity contribution in [2.75, 3.05) is 0 Å². The van der Waals surface area contributed by atoms with Crippen LogP contribution in [0.5, 0.6) is 0 Å². The van der Waals surface area contributed by atoms with Crippen LogP contribution in [-0.4, -0.2) is 4.98 Å². The second-order valence-corrected chi connectivity index (χ2v) is 14.4. The predicted octanol–water partition coefficient (Wildman–Crippen LogP) is 7.09. The number of allylic oxidation sites excluding steroid dienone is 4. The summed E-state index contributed by atoms with van der Waals surface area (Å²) in [5.74, 6) is 0.482. The molecule has 10 rings (SSSR count). The Hall–Kier alpha value is -6.05. The average molecular weight is 666 g/mol. The maximum Gasteiger partial charge on any atom is 0.0709 e. The highest BCUT2D eigenvalue weighted by Crippen LogP contribution is 2.42. The van der Waals surface area contributed by atoms with E-state index in [4.69, 9.17) is 4.98 Å². The zero-order valence-electron chi connectivity index (χ0n) is 29.2. The van der Waals surface area contributed by atoms with Crippen molar-refractivity contribution in [3.05, 3.63) is 218 Å². The topological polar surface area (TPSA) is 12.9 Å². The largest absolute Gasteiger partial charge is 0.248 e. The lowest BCUT2D eigenvalue weighted by atomic mass is 9.68. The van der Waals surface area contributed by atoms with Gasteiger partial charge in [0.2, 0.25) is 0 Å². The Bertz CT molecular complexity index is 2850. The number of nitrogens with zero attached hydrogens (tertiary/aromatic N) is 1. The SMILES string of the molecule is C1=CC2C(C3=c4ccccc4=C(c4ccccc4)CC3)=c3ccccc3=C(c3cccc(-c4cccc(C5=c6ccccc6=CCC5)n4)c3)C2C=C1. The van der Waals surface area contributed by atoms with Gasteiger partial charge in [-0.3, -0.25) is 0 Å². The van der Waals surface area contributed by atoms with E-state index in [2.05, 4.69) is 176 Å². The van der Waals surface area contributed by atoms with Crippen LogP contribution in [0.3, 0.4) is 0 Å². The summed E-state index contributed by atoms with van der Waals surface area (Å²) in [6, 6.07) is 53.6. The van der Waals surface area contributed by atoms with Crippen molar-refractivity contribution in [3.63, 3.8) is 0 Å². The predicted molar refractivity (Wildman–Crippen MR) is 216 cm³/mol. The molecule has 248 valence electrons. The highest BCUT2D eigenvalue weighted by atomic mass is 14.7. The molecule has 2 atom stereocenters. The van der Waals surface area contributed by atoms with Gasteiger partial charge in [-0.25, -0.2) is 4.98 Å². The van der Waals surface area contributed by atoms with Gasteiger partial charge in [-0.05, 0) is 114 Å². The molecule has 0 spiro atoms. The molecule has 1 aromatic heterocycles. The van der Waals surface area contributed by atoms with Crippen LogP contribution < -0.4 is 31.3 Å². The molecule has 4 aliphatic carbocycles. The lowest BCUT2D eigenvalue weighted by Gasteiger charge is -2.35. The number of rotatable bonds is 5. The molecule has 0 aliphatic heterocycles. The van der Waals surface area contributed by atoms with Crippen molar-refractivity contribution in [1.82, 2.24) is 4.98 Å². The van der Waals surface area contributed by atoms with E-state index < -0.39 is 0 Å². The molecule has 5 aromatic carbocycles. The molecule has 0 bridgehead atoms. The Morgan fingerprint density at radius 2 is 0.981 bits per heavy atom. The van der Waals surface area contributed by atoms with Crippen LogP contribution >= 0.6 is 0 Å². The number of benzene rings is 5. The van der Waals surface area contributed by atoms with E-state index in [0.29, 0.717) is 0 Å². The third-order valence-electron chi connectivity index (χ3n) is 11.5. The van der Waals surface area contributed by atoms with Crippen molar-refractivity contribution in [1.29, 1.82) is 0 Å². The first kappa shape index (κ1) is 30.7. The fourth-order valence-corrected chi connectivity index (χ4v) is 9.26. The zero-order chi connectivity index (χ0) is 34.4. The molecule has 0 N–H and O–H groups in total. The van der Waals surface area contributed by atoms with E-state index in [1.807, 2.05) is 0 Å². The summed E-state index contributed by atoms with van der Waals surface area (Å²) < 4.78 is 0. The zero-order valence-corrected chi connectivity index (χ0v) is 29.2. The smallest absolute Gasteiger partial charge is 0.0709 e. The molecule has 0 saturated heterocycles. The third kappa shape index (κ3) is 5.19. The van der Waals surface area contributed by atoms with E-state index in [1.54, 1.807) is 0 Å². The first-order chi connectivity index (χ1) is 25.8. The van der Waals surface area contributed by atoms with E-state index in [-0.39, 0.29) is 11.8 Å². The van der Waals surface area contributed by atoms with Crippen LogP contribution in [0.1, 0.15) is 42.5 Å². The summed E-state index contributed by atoms with van der Waals surface area (Å²) in [6.07, 6.45) is 15.9. The van der Waals surface area contributed by atoms with Crippen molar-refractivity contribution < 1.29 is 0 Å². The Balaban J connectivity index is 1.18. The molecule has 6 aromatic rings. The minimum atomic E-state index is 0.231. The summed E-state index contributed by atoms with van der Waals surface area (Å²) in [5.41, 5.74) is 13.0. The quantitative estimate of drug-likeness (QED) is 0.192. The molecule has 1 nitrogen and oxygen atoms in total. The van der Waals surface area contributed by atoms with Crippen LogP contribution in [-0.2, 0) is 0 Å². The van der Waals surface area contributed by atoms with Gasteiger partial charge in [0, 0.05) is 17.4 Å². The van der Waals surface area contributed by atoms with Crippen LogP contribution in [0, 0.1) is 11.8 Å². The Kier molecular flexibility index (Phi) is 7.64. The molecule has 52 heavy (non-hydrogen) atoms. The number of hydrogen-bond acceptors (Lipinski definition) is 1. The van der Waals surface area contributed by atoms with Gasteiger partial charge in [0.15, 0.2) is 0 Å².